The van der Waals surface area contributed by atoms with Crippen LogP contribution >= 0.6 is 0 Å². The Bertz CT molecular complexity index is 895. The molecule has 0 radical (unpaired) electrons. The van der Waals surface area contributed by atoms with Crippen molar-refractivity contribution in [1.29, 1.82) is 0 Å². The first-order valence-electron chi connectivity index (χ1n) is 11.6. The molecule has 0 bridgehead atoms. The summed E-state index contributed by atoms with van der Waals surface area (Å²) in [6.07, 6.45) is 2.74. The maximum absolute atomic E-state index is 13.4. The molecule has 1 aromatic rings. The summed E-state index contributed by atoms with van der Waals surface area (Å²) in [5, 5.41) is 2.93. The molecule has 3 saturated heterocycles. The second kappa shape index (κ2) is 8.92. The van der Waals surface area contributed by atoms with Crippen LogP contribution in [0.3, 0.4) is 0 Å². The van der Waals surface area contributed by atoms with Crippen LogP contribution in [0.15, 0.2) is 30.3 Å². The Labute approximate surface area is 188 Å². The molecule has 2 atom stereocenters. The van der Waals surface area contributed by atoms with Gasteiger partial charge in [0.15, 0.2) is 0 Å². The largest absolute Gasteiger partial charge is 0.343 e. The number of nitrogens with one attached hydrogen (secondary N) is 1. The van der Waals surface area contributed by atoms with E-state index in [0.717, 1.165) is 12.0 Å². The van der Waals surface area contributed by atoms with Crippen LogP contribution in [0.25, 0.3) is 0 Å². The van der Waals surface area contributed by atoms with Gasteiger partial charge in [-0.1, -0.05) is 37.3 Å². The first-order chi connectivity index (χ1) is 15.4. The van der Waals surface area contributed by atoms with E-state index in [9.17, 15) is 19.2 Å². The summed E-state index contributed by atoms with van der Waals surface area (Å²) >= 11 is 0. The van der Waals surface area contributed by atoms with Gasteiger partial charge in [0.05, 0.1) is 12.0 Å². The van der Waals surface area contributed by atoms with E-state index >= 15 is 0 Å². The Morgan fingerprint density at radius 3 is 2.44 bits per heavy atom. The number of benzene rings is 1. The van der Waals surface area contributed by atoms with Gasteiger partial charge in [0.2, 0.25) is 11.8 Å². The van der Waals surface area contributed by atoms with Gasteiger partial charge < -0.3 is 15.1 Å². The van der Waals surface area contributed by atoms with Crippen molar-refractivity contribution in [3.05, 3.63) is 35.9 Å². The third-order valence-corrected chi connectivity index (χ3v) is 7.21. The molecular weight excluding hydrogens is 408 g/mol. The number of rotatable bonds is 4. The Hall–Kier alpha value is -2.90. The van der Waals surface area contributed by atoms with Crippen molar-refractivity contribution in [2.24, 2.45) is 0 Å². The normalized spacial score (nSPS) is 23.9. The molecule has 1 aromatic carbocycles. The number of likely N-dealkylation sites (tertiary alicyclic amines) is 2. The summed E-state index contributed by atoms with van der Waals surface area (Å²) in [7, 11) is 0. The molecule has 3 aliphatic heterocycles. The van der Waals surface area contributed by atoms with Gasteiger partial charge in [-0.05, 0) is 38.2 Å². The van der Waals surface area contributed by atoms with Crippen LogP contribution < -0.4 is 5.32 Å². The van der Waals surface area contributed by atoms with Crippen molar-refractivity contribution in [3.63, 3.8) is 0 Å². The third-order valence-electron chi connectivity index (χ3n) is 7.21. The van der Waals surface area contributed by atoms with Gasteiger partial charge in [-0.15, -0.1) is 0 Å². The van der Waals surface area contributed by atoms with Gasteiger partial charge >= 0.3 is 6.03 Å². The Morgan fingerprint density at radius 1 is 1.09 bits per heavy atom. The van der Waals surface area contributed by atoms with Crippen LogP contribution in [0.1, 0.15) is 57.4 Å². The first kappa shape index (κ1) is 22.3. The smallest absolute Gasteiger partial charge is 0.325 e. The molecule has 4 rings (SSSR count). The van der Waals surface area contributed by atoms with Crippen LogP contribution in [0.4, 0.5) is 4.79 Å². The second-order valence-electron chi connectivity index (χ2n) is 9.13. The van der Waals surface area contributed by atoms with Crippen molar-refractivity contribution in [2.45, 2.75) is 63.5 Å². The molecular formula is C24H32N4O4. The topological polar surface area (TPSA) is 90.0 Å². The molecule has 3 heterocycles. The summed E-state index contributed by atoms with van der Waals surface area (Å²) in [6.45, 7) is 5.66. The number of amides is 5. The zero-order valence-corrected chi connectivity index (χ0v) is 18.9. The number of imide groups is 1. The summed E-state index contributed by atoms with van der Waals surface area (Å²) in [4.78, 5) is 56.3. The number of hydrogen-bond acceptors (Lipinski definition) is 4. The Kier molecular flexibility index (Phi) is 6.22. The number of hydrogen-bond donors (Lipinski definition) is 1. The van der Waals surface area contributed by atoms with Crippen molar-refractivity contribution in [2.75, 3.05) is 26.2 Å². The summed E-state index contributed by atoms with van der Waals surface area (Å²) in [5.74, 6) is -0.386. The highest BCUT2D eigenvalue weighted by Gasteiger charge is 2.54. The standard InChI is InChI=1S/C24H32N4O4/c1-3-20(29)26-14-11-24(12-15-26)22(31)28(23(32)25-24)19-10-7-13-27(16-19)21(30)17(2)18-8-5-4-6-9-18/h4-6,8-9,17,19H,3,7,10-16H2,1-2H3,(H,25,32)/t17-,19+/m0/s1. The van der Waals surface area contributed by atoms with Gasteiger partial charge in [-0.3, -0.25) is 19.3 Å². The van der Waals surface area contributed by atoms with E-state index in [0.29, 0.717) is 51.9 Å². The van der Waals surface area contributed by atoms with Gasteiger partial charge in [0.1, 0.15) is 5.54 Å². The van der Waals surface area contributed by atoms with Crippen LogP contribution in [0.5, 0.6) is 0 Å². The highest BCUT2D eigenvalue weighted by Crippen LogP contribution is 2.33. The number of urea groups is 1. The number of piperidine rings is 2. The van der Waals surface area contributed by atoms with E-state index in [2.05, 4.69) is 5.32 Å². The maximum Gasteiger partial charge on any atom is 0.325 e. The maximum atomic E-state index is 13.4. The minimum atomic E-state index is -0.925. The first-order valence-corrected chi connectivity index (χ1v) is 11.6. The number of carbonyl (C=O) groups excluding carboxylic acids is 4. The molecule has 8 nitrogen and oxygen atoms in total. The summed E-state index contributed by atoms with van der Waals surface area (Å²) in [5.41, 5.74) is 0.0348. The molecule has 3 fully saturated rings. The zero-order valence-electron chi connectivity index (χ0n) is 18.9. The second-order valence-corrected chi connectivity index (χ2v) is 9.13. The molecule has 8 heteroatoms. The predicted octanol–water partition coefficient (Wildman–Crippen LogP) is 2.10. The van der Waals surface area contributed by atoms with Gasteiger partial charge in [-0.2, -0.15) is 0 Å². The lowest BCUT2D eigenvalue weighted by atomic mass is 9.87. The molecule has 1 spiro atoms. The lowest BCUT2D eigenvalue weighted by Gasteiger charge is -2.39. The SMILES string of the molecule is CCC(=O)N1CCC2(CC1)NC(=O)N([C@@H]1CCCN(C(=O)[C@@H](C)c3ccccc3)C1)C2=O. The predicted molar refractivity (Wildman–Crippen MR) is 119 cm³/mol. The molecule has 0 aliphatic carbocycles. The van der Waals surface area contributed by atoms with E-state index in [1.165, 1.54) is 4.90 Å². The van der Waals surface area contributed by atoms with Crippen molar-refractivity contribution >= 4 is 23.8 Å². The Balaban J connectivity index is 1.43. The van der Waals surface area contributed by atoms with Crippen LogP contribution in [-0.4, -0.2) is 76.2 Å². The molecule has 32 heavy (non-hydrogen) atoms. The van der Waals surface area contributed by atoms with Crippen LogP contribution in [-0.2, 0) is 14.4 Å². The van der Waals surface area contributed by atoms with E-state index in [1.807, 2.05) is 44.2 Å². The van der Waals surface area contributed by atoms with E-state index < -0.39 is 5.54 Å². The third kappa shape index (κ3) is 3.98. The fourth-order valence-electron chi connectivity index (χ4n) is 5.20. The fourth-order valence-corrected chi connectivity index (χ4v) is 5.20. The minimum Gasteiger partial charge on any atom is -0.343 e. The van der Waals surface area contributed by atoms with Gasteiger partial charge in [0, 0.05) is 32.6 Å². The quantitative estimate of drug-likeness (QED) is 0.726. The van der Waals surface area contributed by atoms with E-state index in [1.54, 1.807) is 9.80 Å². The summed E-state index contributed by atoms with van der Waals surface area (Å²) < 4.78 is 0. The average molecular weight is 441 g/mol. The van der Waals surface area contributed by atoms with Crippen molar-refractivity contribution in [1.82, 2.24) is 20.0 Å². The van der Waals surface area contributed by atoms with E-state index in [-0.39, 0.29) is 35.7 Å². The average Bonchev–Trinajstić information content (AvgIpc) is 3.07. The molecule has 0 aromatic heterocycles. The lowest BCUT2D eigenvalue weighted by molar-refractivity contribution is -0.141. The van der Waals surface area contributed by atoms with Crippen molar-refractivity contribution < 1.29 is 19.2 Å². The lowest BCUT2D eigenvalue weighted by Crippen LogP contribution is -2.57. The van der Waals surface area contributed by atoms with Gasteiger partial charge in [-0.25, -0.2) is 4.79 Å². The van der Waals surface area contributed by atoms with E-state index in [4.69, 9.17) is 0 Å². The molecule has 5 amide bonds. The molecule has 0 unspecified atom stereocenters. The summed E-state index contributed by atoms with van der Waals surface area (Å²) in [6, 6.07) is 8.96. The minimum absolute atomic E-state index is 0.0223. The van der Waals surface area contributed by atoms with Crippen LogP contribution in [0.2, 0.25) is 0 Å². The van der Waals surface area contributed by atoms with Gasteiger partial charge in [0.25, 0.3) is 5.91 Å². The molecule has 3 aliphatic rings. The van der Waals surface area contributed by atoms with Crippen molar-refractivity contribution in [3.8, 4) is 0 Å². The van der Waals surface area contributed by atoms with Crippen LogP contribution in [0, 0.1) is 0 Å². The molecule has 1 N–H and O–H groups in total. The monoisotopic (exact) mass is 440 g/mol. The molecule has 172 valence electrons. The highest BCUT2D eigenvalue weighted by molar-refractivity contribution is 6.07. The Morgan fingerprint density at radius 2 is 1.78 bits per heavy atom. The highest BCUT2D eigenvalue weighted by atomic mass is 16.2. The molecule has 0 saturated carbocycles. The number of nitrogens with zero attached hydrogens (tertiary/aromatic N) is 3. The zero-order chi connectivity index (χ0) is 22.9. The fraction of sp³-hybridized carbons (Fsp3) is 0.583. The number of carbonyl (C=O) groups is 4.